The number of aryl methyl sites for hydroxylation is 2. The van der Waals surface area contributed by atoms with E-state index in [1.165, 1.54) is 17.5 Å². The van der Waals surface area contributed by atoms with Crippen LogP contribution in [0.1, 0.15) is 34.9 Å². The summed E-state index contributed by atoms with van der Waals surface area (Å²) in [4.78, 5) is 37.6. The van der Waals surface area contributed by atoms with Crippen LogP contribution in [-0.4, -0.2) is 82.2 Å². The number of aliphatic carboxylic acids is 1. The quantitative estimate of drug-likeness (QED) is 0.209. The van der Waals surface area contributed by atoms with Gasteiger partial charge in [-0.1, -0.05) is 35.1 Å². The first kappa shape index (κ1) is 36.1. The Hall–Kier alpha value is -3.34. The molecule has 0 bridgehead atoms. The lowest BCUT2D eigenvalue weighted by molar-refractivity contribution is -0.192. The van der Waals surface area contributed by atoms with Gasteiger partial charge in [0.2, 0.25) is 0 Å². The van der Waals surface area contributed by atoms with E-state index < -0.39 is 19.9 Å². The Bertz CT molecular complexity index is 1510. The number of halogens is 4. The molecule has 2 aromatic heterocycles. The van der Waals surface area contributed by atoms with E-state index >= 15 is 0 Å². The number of anilines is 4. The Morgan fingerprint density at radius 1 is 1.11 bits per heavy atom. The molecule has 13 nitrogen and oxygen atoms in total. The van der Waals surface area contributed by atoms with Gasteiger partial charge in [-0.05, 0) is 39.3 Å². The van der Waals surface area contributed by atoms with Gasteiger partial charge in [0.05, 0.1) is 30.1 Å². The van der Waals surface area contributed by atoms with Crippen molar-refractivity contribution in [2.75, 3.05) is 54.9 Å². The fraction of sp³-hybridized carbons (Fsp3) is 0.423. The third-order valence-electron chi connectivity index (χ3n) is 6.00. The van der Waals surface area contributed by atoms with E-state index in [2.05, 4.69) is 30.5 Å². The molecule has 0 spiro atoms. The number of aromatic nitrogens is 3. The van der Waals surface area contributed by atoms with Crippen molar-refractivity contribution >= 4 is 65.0 Å². The standard InChI is InChI=1S/C24H31ClN7O4PS.C2HF3O2/c1-5-35-37(34,36-6-2)32-12-10-31(11-13-32)21-14-20(27-17(4)28-21)29-24-26-15-19(38-24)23(33)30-22-16(3)8-7-9-18(22)25;3-2(4,5)1(6)7/h7-9,14-15H,5-6,10-13H2,1-4H3,(H,30,33)(H,26,27,28,29);(H,6,7). The third-order valence-corrected chi connectivity index (χ3v) is 9.49. The highest BCUT2D eigenvalue weighted by atomic mass is 35.5. The topological polar surface area (TPSA) is 159 Å². The molecule has 1 aliphatic rings. The van der Waals surface area contributed by atoms with Gasteiger partial charge in [-0.25, -0.2) is 29.0 Å². The zero-order valence-electron chi connectivity index (χ0n) is 24.7. The summed E-state index contributed by atoms with van der Waals surface area (Å²) < 4.78 is 57.6. The number of carbonyl (C=O) groups is 2. The maximum atomic E-state index is 13.1. The molecular weight excluding hydrogens is 662 g/mol. The van der Waals surface area contributed by atoms with Crippen molar-refractivity contribution in [3.05, 3.63) is 51.7 Å². The minimum atomic E-state index is -5.08. The van der Waals surface area contributed by atoms with Crippen LogP contribution in [0.5, 0.6) is 0 Å². The lowest BCUT2D eigenvalue weighted by atomic mass is 10.2. The smallest absolute Gasteiger partial charge is 0.475 e. The molecule has 3 aromatic rings. The second kappa shape index (κ2) is 15.8. The molecule has 3 N–H and O–H groups in total. The number of benzene rings is 1. The van der Waals surface area contributed by atoms with Gasteiger partial charge in [0.15, 0.2) is 5.13 Å². The number of carbonyl (C=O) groups excluding carboxylic acids is 1. The first-order valence-corrected chi connectivity index (χ1v) is 16.2. The van der Waals surface area contributed by atoms with Gasteiger partial charge in [-0.3, -0.25) is 13.8 Å². The summed E-state index contributed by atoms with van der Waals surface area (Å²) in [6.07, 6.45) is -3.57. The van der Waals surface area contributed by atoms with Crippen molar-refractivity contribution in [2.45, 2.75) is 33.9 Å². The number of piperazine rings is 1. The van der Waals surface area contributed by atoms with E-state index in [1.807, 2.05) is 32.0 Å². The molecule has 4 rings (SSSR count). The van der Waals surface area contributed by atoms with Crippen LogP contribution < -0.4 is 15.5 Å². The minimum Gasteiger partial charge on any atom is -0.475 e. The maximum absolute atomic E-state index is 13.1. The van der Waals surface area contributed by atoms with Crippen LogP contribution in [0.2, 0.25) is 5.02 Å². The molecular formula is C26H32ClF3N7O6PS. The molecule has 1 saturated heterocycles. The summed E-state index contributed by atoms with van der Waals surface area (Å²) in [5, 5.41) is 14.2. The largest absolute Gasteiger partial charge is 0.490 e. The van der Waals surface area contributed by atoms with E-state index in [-0.39, 0.29) is 5.91 Å². The van der Waals surface area contributed by atoms with Crippen molar-refractivity contribution in [2.24, 2.45) is 0 Å². The number of nitrogens with one attached hydrogen (secondary N) is 2. The second-order valence-electron chi connectivity index (χ2n) is 9.25. The second-order valence-corrected chi connectivity index (χ2v) is 12.7. The van der Waals surface area contributed by atoms with Crippen LogP contribution in [0.3, 0.4) is 0 Å². The first-order valence-electron chi connectivity index (χ1n) is 13.5. The monoisotopic (exact) mass is 693 g/mol. The Morgan fingerprint density at radius 2 is 1.73 bits per heavy atom. The maximum Gasteiger partial charge on any atom is 0.490 e. The van der Waals surface area contributed by atoms with E-state index in [0.717, 1.165) is 11.4 Å². The molecule has 1 aromatic carbocycles. The summed E-state index contributed by atoms with van der Waals surface area (Å²) in [6, 6.07) is 7.28. The van der Waals surface area contributed by atoms with E-state index in [0.29, 0.717) is 71.8 Å². The van der Waals surface area contributed by atoms with Gasteiger partial charge in [-0.2, -0.15) is 13.2 Å². The molecule has 3 heterocycles. The summed E-state index contributed by atoms with van der Waals surface area (Å²) in [6.45, 7) is 10.2. The van der Waals surface area contributed by atoms with Crippen LogP contribution in [0.4, 0.5) is 35.6 Å². The molecule has 0 unspecified atom stereocenters. The number of hydrogen-bond donors (Lipinski definition) is 3. The number of amides is 1. The van der Waals surface area contributed by atoms with Crippen molar-refractivity contribution in [1.82, 2.24) is 19.6 Å². The van der Waals surface area contributed by atoms with Gasteiger partial charge in [0.25, 0.3) is 5.91 Å². The number of rotatable bonds is 10. The van der Waals surface area contributed by atoms with Crippen LogP contribution in [-0.2, 0) is 18.4 Å². The normalized spacial score (nSPS) is 14.0. The zero-order chi connectivity index (χ0) is 33.4. The lowest BCUT2D eigenvalue weighted by Crippen LogP contribution is -2.45. The molecule has 19 heteroatoms. The van der Waals surface area contributed by atoms with Gasteiger partial charge in [-0.15, -0.1) is 0 Å². The molecule has 45 heavy (non-hydrogen) atoms. The Morgan fingerprint density at radius 3 is 2.29 bits per heavy atom. The molecule has 0 aliphatic carbocycles. The van der Waals surface area contributed by atoms with Crippen LogP contribution in [0, 0.1) is 13.8 Å². The van der Waals surface area contributed by atoms with Crippen LogP contribution in [0.25, 0.3) is 0 Å². The van der Waals surface area contributed by atoms with Gasteiger partial charge in [0, 0.05) is 32.2 Å². The minimum absolute atomic E-state index is 0.291. The number of para-hydroxylation sites is 1. The lowest BCUT2D eigenvalue weighted by Gasteiger charge is -2.37. The van der Waals surface area contributed by atoms with Gasteiger partial charge in [0.1, 0.15) is 22.3 Å². The van der Waals surface area contributed by atoms with E-state index in [4.69, 9.17) is 30.5 Å². The fourth-order valence-electron chi connectivity index (χ4n) is 3.99. The van der Waals surface area contributed by atoms with Gasteiger partial charge < -0.3 is 20.6 Å². The van der Waals surface area contributed by atoms with Crippen LogP contribution in [0.15, 0.2) is 30.5 Å². The number of nitrogens with zero attached hydrogens (tertiary/aromatic N) is 5. The number of carboxylic acid groups (broad SMARTS) is 1. The number of alkyl halides is 3. The zero-order valence-corrected chi connectivity index (χ0v) is 27.2. The highest BCUT2D eigenvalue weighted by Crippen LogP contribution is 2.52. The summed E-state index contributed by atoms with van der Waals surface area (Å²) in [7, 11) is -3.30. The third kappa shape index (κ3) is 10.1. The Kier molecular flexibility index (Phi) is 12.7. The van der Waals surface area contributed by atoms with Crippen molar-refractivity contribution in [3.63, 3.8) is 0 Å². The predicted octanol–water partition coefficient (Wildman–Crippen LogP) is 6.14. The van der Waals surface area contributed by atoms with Crippen molar-refractivity contribution < 1.29 is 41.5 Å². The van der Waals surface area contributed by atoms with E-state index in [1.54, 1.807) is 24.6 Å². The summed E-state index contributed by atoms with van der Waals surface area (Å²) >= 11 is 7.45. The number of hydrogen-bond acceptors (Lipinski definition) is 11. The molecule has 0 saturated carbocycles. The molecule has 0 radical (unpaired) electrons. The number of thiazole rings is 1. The number of carboxylic acids is 1. The highest BCUT2D eigenvalue weighted by molar-refractivity contribution is 7.51. The fourth-order valence-corrected chi connectivity index (χ4v) is 6.70. The average molecular weight is 694 g/mol. The average Bonchev–Trinajstić information content (AvgIpc) is 3.43. The van der Waals surface area contributed by atoms with E-state index in [9.17, 15) is 22.5 Å². The molecule has 1 aliphatic heterocycles. The Balaban J connectivity index is 0.000000707. The van der Waals surface area contributed by atoms with Crippen molar-refractivity contribution in [3.8, 4) is 0 Å². The summed E-state index contributed by atoms with van der Waals surface area (Å²) in [5.41, 5.74) is 1.45. The molecule has 246 valence electrons. The van der Waals surface area contributed by atoms with Crippen molar-refractivity contribution in [1.29, 1.82) is 0 Å². The SMILES string of the molecule is CCOP(=O)(OCC)N1CCN(c2cc(Nc3ncc(C(=O)Nc4c(C)cccc4Cl)s3)nc(C)n2)CC1.O=C(O)C(F)(F)F. The highest BCUT2D eigenvalue weighted by Gasteiger charge is 2.38. The molecule has 0 atom stereocenters. The van der Waals surface area contributed by atoms with Crippen LogP contribution >= 0.6 is 30.7 Å². The van der Waals surface area contributed by atoms with Gasteiger partial charge >= 0.3 is 19.9 Å². The predicted molar refractivity (Wildman–Crippen MR) is 165 cm³/mol. The first-order chi connectivity index (χ1) is 21.2. The Labute approximate surface area is 266 Å². The summed E-state index contributed by atoms with van der Waals surface area (Å²) in [5.74, 6) is -1.16. The molecule has 1 amide bonds. The molecule has 1 fully saturated rings.